The predicted octanol–water partition coefficient (Wildman–Crippen LogP) is 7.97. The Morgan fingerprint density at radius 1 is 0.781 bits per heavy atom. The molecule has 1 aliphatic rings. The van der Waals surface area contributed by atoms with Crippen molar-refractivity contribution in [2.45, 2.75) is 12.5 Å². The standard InChI is InChI=1S/C29H23ClN2/c30-26-14-8-7-13-24(26)20-31-27-19-29-25(18-28(32-29)22-11-5-2-6-12-22)17-23(27)16-15-21-9-3-1-4-10-21/h1-17,19-20,28,32H,18H2/b16-15+,31-20?/t28-/m0/s1. The van der Waals surface area contributed by atoms with Crippen molar-refractivity contribution in [2.24, 2.45) is 4.99 Å². The second-order valence-corrected chi connectivity index (χ2v) is 8.31. The highest BCUT2D eigenvalue weighted by Gasteiger charge is 2.23. The molecule has 0 amide bonds. The summed E-state index contributed by atoms with van der Waals surface area (Å²) >= 11 is 6.33. The highest BCUT2D eigenvalue weighted by atomic mass is 35.5. The lowest BCUT2D eigenvalue weighted by molar-refractivity contribution is 0.824. The second-order valence-electron chi connectivity index (χ2n) is 7.90. The van der Waals surface area contributed by atoms with Gasteiger partial charge in [0.1, 0.15) is 0 Å². The molecule has 1 heterocycles. The third-order valence-electron chi connectivity index (χ3n) is 5.71. The van der Waals surface area contributed by atoms with Crippen LogP contribution in [0.5, 0.6) is 0 Å². The van der Waals surface area contributed by atoms with E-state index in [-0.39, 0.29) is 6.04 Å². The van der Waals surface area contributed by atoms with Gasteiger partial charge in [0.05, 0.1) is 11.7 Å². The quantitative estimate of drug-likeness (QED) is 0.250. The van der Waals surface area contributed by atoms with E-state index in [1.165, 1.54) is 11.1 Å². The van der Waals surface area contributed by atoms with Crippen molar-refractivity contribution in [3.8, 4) is 0 Å². The third-order valence-corrected chi connectivity index (χ3v) is 6.06. The van der Waals surface area contributed by atoms with E-state index < -0.39 is 0 Å². The van der Waals surface area contributed by atoms with Gasteiger partial charge in [0.25, 0.3) is 0 Å². The molecule has 0 bridgehead atoms. The van der Waals surface area contributed by atoms with E-state index >= 15 is 0 Å². The number of anilines is 1. The van der Waals surface area contributed by atoms with Crippen LogP contribution in [0.1, 0.15) is 33.9 Å². The monoisotopic (exact) mass is 434 g/mol. The normalized spacial score (nSPS) is 15.2. The summed E-state index contributed by atoms with van der Waals surface area (Å²) in [6.45, 7) is 0. The minimum atomic E-state index is 0.278. The number of benzene rings is 4. The first kappa shape index (κ1) is 20.3. The number of rotatable bonds is 5. The maximum atomic E-state index is 6.33. The van der Waals surface area contributed by atoms with Gasteiger partial charge in [0.15, 0.2) is 0 Å². The van der Waals surface area contributed by atoms with Gasteiger partial charge in [-0.3, -0.25) is 4.99 Å². The van der Waals surface area contributed by atoms with Crippen LogP contribution in [-0.2, 0) is 6.42 Å². The summed E-state index contributed by atoms with van der Waals surface area (Å²) in [5.41, 5.74) is 7.82. The number of aliphatic imine (C=N–C) groups is 1. The summed E-state index contributed by atoms with van der Waals surface area (Å²) < 4.78 is 0. The van der Waals surface area contributed by atoms with Crippen LogP contribution in [0, 0.1) is 0 Å². The molecular weight excluding hydrogens is 412 g/mol. The van der Waals surface area contributed by atoms with E-state index in [1.54, 1.807) is 0 Å². The van der Waals surface area contributed by atoms with Gasteiger partial charge < -0.3 is 5.32 Å². The summed E-state index contributed by atoms with van der Waals surface area (Å²) in [5.74, 6) is 0. The molecule has 0 aliphatic carbocycles. The lowest BCUT2D eigenvalue weighted by Crippen LogP contribution is -2.04. The number of nitrogens with zero attached hydrogens (tertiary/aromatic N) is 1. The number of hydrogen-bond donors (Lipinski definition) is 1. The fourth-order valence-electron chi connectivity index (χ4n) is 4.01. The van der Waals surface area contributed by atoms with Crippen molar-refractivity contribution in [1.82, 2.24) is 0 Å². The molecule has 0 fully saturated rings. The van der Waals surface area contributed by atoms with Crippen molar-refractivity contribution in [3.63, 3.8) is 0 Å². The van der Waals surface area contributed by atoms with Gasteiger partial charge in [0, 0.05) is 28.1 Å². The Kier molecular flexibility index (Phi) is 5.87. The molecular formula is C29H23ClN2. The van der Waals surface area contributed by atoms with Crippen LogP contribution in [0.3, 0.4) is 0 Å². The van der Waals surface area contributed by atoms with Crippen LogP contribution in [0.25, 0.3) is 12.2 Å². The average molecular weight is 435 g/mol. The molecule has 0 radical (unpaired) electrons. The molecule has 0 spiro atoms. The van der Waals surface area contributed by atoms with E-state index in [9.17, 15) is 0 Å². The highest BCUT2D eigenvalue weighted by molar-refractivity contribution is 6.33. The Bertz CT molecular complexity index is 1280. The largest absolute Gasteiger partial charge is 0.378 e. The molecule has 0 saturated heterocycles. The van der Waals surface area contributed by atoms with Gasteiger partial charge in [-0.1, -0.05) is 103 Å². The first-order valence-corrected chi connectivity index (χ1v) is 11.1. The molecule has 1 N–H and O–H groups in total. The fraction of sp³-hybridized carbons (Fsp3) is 0.0690. The molecule has 2 nitrogen and oxygen atoms in total. The van der Waals surface area contributed by atoms with E-state index in [0.29, 0.717) is 5.02 Å². The smallest absolute Gasteiger partial charge is 0.0722 e. The Balaban J connectivity index is 1.51. The molecule has 3 heteroatoms. The van der Waals surface area contributed by atoms with Gasteiger partial charge in [-0.15, -0.1) is 0 Å². The second kappa shape index (κ2) is 9.25. The van der Waals surface area contributed by atoms with Gasteiger partial charge in [-0.2, -0.15) is 0 Å². The lowest BCUT2D eigenvalue weighted by Gasteiger charge is -2.11. The third kappa shape index (κ3) is 4.51. The molecule has 5 rings (SSSR count). The number of fused-ring (bicyclic) bond motifs is 1. The van der Waals surface area contributed by atoms with Gasteiger partial charge in [-0.25, -0.2) is 0 Å². The summed E-state index contributed by atoms with van der Waals surface area (Å²) in [4.78, 5) is 4.82. The molecule has 1 aliphatic heterocycles. The Hall–Kier alpha value is -3.62. The first-order chi connectivity index (χ1) is 15.8. The summed E-state index contributed by atoms with van der Waals surface area (Å²) in [5, 5.41) is 4.37. The zero-order chi connectivity index (χ0) is 21.8. The zero-order valence-corrected chi connectivity index (χ0v) is 18.3. The number of hydrogen-bond acceptors (Lipinski definition) is 2. The van der Waals surface area contributed by atoms with Gasteiger partial charge in [-0.05, 0) is 41.3 Å². The minimum Gasteiger partial charge on any atom is -0.378 e. The molecule has 0 aromatic heterocycles. The summed E-state index contributed by atoms with van der Waals surface area (Å²) in [7, 11) is 0. The molecule has 4 aromatic rings. The molecule has 0 unspecified atom stereocenters. The summed E-state index contributed by atoms with van der Waals surface area (Å²) in [6.07, 6.45) is 7.08. The van der Waals surface area contributed by atoms with Crippen LogP contribution in [0.2, 0.25) is 5.02 Å². The van der Waals surface area contributed by atoms with E-state index in [1.807, 2.05) is 48.7 Å². The summed E-state index contributed by atoms with van der Waals surface area (Å²) in [6, 6.07) is 33.4. The van der Waals surface area contributed by atoms with Crippen LogP contribution in [0.15, 0.2) is 102 Å². The van der Waals surface area contributed by atoms with Crippen LogP contribution < -0.4 is 5.32 Å². The van der Waals surface area contributed by atoms with Crippen molar-refractivity contribution in [3.05, 3.63) is 130 Å². The average Bonchev–Trinajstić information content (AvgIpc) is 3.26. The topological polar surface area (TPSA) is 24.4 Å². The lowest BCUT2D eigenvalue weighted by atomic mass is 10.0. The van der Waals surface area contributed by atoms with E-state index in [0.717, 1.165) is 34.5 Å². The van der Waals surface area contributed by atoms with Crippen molar-refractivity contribution in [1.29, 1.82) is 0 Å². The Labute approximate surface area is 193 Å². The van der Waals surface area contributed by atoms with Crippen molar-refractivity contribution in [2.75, 3.05) is 5.32 Å². The van der Waals surface area contributed by atoms with Gasteiger partial charge >= 0.3 is 0 Å². The highest BCUT2D eigenvalue weighted by Crippen LogP contribution is 2.39. The van der Waals surface area contributed by atoms with Crippen LogP contribution >= 0.6 is 11.6 Å². The van der Waals surface area contributed by atoms with Gasteiger partial charge in [0.2, 0.25) is 0 Å². The molecule has 1 atom stereocenters. The minimum absolute atomic E-state index is 0.278. The molecule has 4 aromatic carbocycles. The predicted molar refractivity (Wildman–Crippen MR) is 137 cm³/mol. The first-order valence-electron chi connectivity index (χ1n) is 10.8. The Morgan fingerprint density at radius 2 is 1.50 bits per heavy atom. The fourth-order valence-corrected chi connectivity index (χ4v) is 4.20. The number of nitrogens with one attached hydrogen (secondary N) is 1. The van der Waals surface area contributed by atoms with Crippen LogP contribution in [0.4, 0.5) is 11.4 Å². The van der Waals surface area contributed by atoms with Crippen LogP contribution in [-0.4, -0.2) is 6.21 Å². The zero-order valence-electron chi connectivity index (χ0n) is 17.6. The van der Waals surface area contributed by atoms with E-state index in [2.05, 4.69) is 72.1 Å². The Morgan fingerprint density at radius 3 is 2.28 bits per heavy atom. The van der Waals surface area contributed by atoms with Crippen molar-refractivity contribution < 1.29 is 0 Å². The maximum Gasteiger partial charge on any atom is 0.0722 e. The molecule has 0 saturated carbocycles. The van der Waals surface area contributed by atoms with Crippen molar-refractivity contribution >= 4 is 41.3 Å². The van der Waals surface area contributed by atoms with E-state index in [4.69, 9.17) is 16.6 Å². The molecule has 32 heavy (non-hydrogen) atoms. The maximum absolute atomic E-state index is 6.33. The molecule has 156 valence electrons. The number of halogens is 1. The SMILES string of the molecule is Clc1ccccc1C=Nc1cc2c(cc1/C=C/c1ccccc1)C[C@@H](c1ccccc1)N2.